The molecule has 0 amide bonds. The van der Waals surface area contributed by atoms with Crippen molar-refractivity contribution < 1.29 is 9.47 Å². The minimum atomic E-state index is 0. The molecule has 5 nitrogen and oxygen atoms in total. The molecular weight excluding hydrogens is 385 g/mol. The van der Waals surface area contributed by atoms with Gasteiger partial charge in [-0.3, -0.25) is 9.80 Å². The molecule has 0 radical (unpaired) electrons. The number of halogens is 2. The molecule has 2 atom stereocenters. The van der Waals surface area contributed by atoms with E-state index in [-0.39, 0.29) is 24.8 Å². The first-order valence-corrected chi connectivity index (χ1v) is 9.83. The van der Waals surface area contributed by atoms with Crippen LogP contribution in [0.15, 0.2) is 24.3 Å². The number of morpholine rings is 1. The standard InChI is InChI=1S/C20H31N3O2.2ClH/c1-2-17(14-22-8-10-24-11-9-22)12-20(3-1)25-16-18-4-5-19-13-21-6-7-23(19)15-18;;/h1-3,12,18-19,21H,4-11,13-16H2;2*1H/t18-,19-;;/m0../s1. The molecule has 0 bridgehead atoms. The van der Waals surface area contributed by atoms with E-state index in [1.54, 1.807) is 0 Å². The van der Waals surface area contributed by atoms with E-state index in [0.717, 1.165) is 64.3 Å². The van der Waals surface area contributed by atoms with Crippen LogP contribution >= 0.6 is 24.8 Å². The van der Waals surface area contributed by atoms with Gasteiger partial charge in [-0.25, -0.2) is 0 Å². The molecule has 0 aromatic heterocycles. The molecule has 7 heteroatoms. The van der Waals surface area contributed by atoms with Crippen LogP contribution in [0.1, 0.15) is 18.4 Å². The van der Waals surface area contributed by atoms with E-state index < -0.39 is 0 Å². The number of hydrogen-bond donors (Lipinski definition) is 1. The van der Waals surface area contributed by atoms with Crippen LogP contribution in [0.3, 0.4) is 0 Å². The highest BCUT2D eigenvalue weighted by molar-refractivity contribution is 5.85. The Balaban J connectivity index is 0.00000131. The van der Waals surface area contributed by atoms with Gasteiger partial charge in [0.1, 0.15) is 5.75 Å². The van der Waals surface area contributed by atoms with E-state index in [1.807, 2.05) is 0 Å². The molecule has 27 heavy (non-hydrogen) atoms. The minimum absolute atomic E-state index is 0. The smallest absolute Gasteiger partial charge is 0.119 e. The number of rotatable bonds is 5. The van der Waals surface area contributed by atoms with Crippen molar-refractivity contribution in [1.82, 2.24) is 15.1 Å². The second-order valence-corrected chi connectivity index (χ2v) is 7.64. The zero-order chi connectivity index (χ0) is 16.9. The normalized spacial score (nSPS) is 26.4. The number of benzene rings is 1. The quantitative estimate of drug-likeness (QED) is 0.795. The van der Waals surface area contributed by atoms with Crippen molar-refractivity contribution in [3.05, 3.63) is 29.8 Å². The molecule has 3 fully saturated rings. The lowest BCUT2D eigenvalue weighted by atomic mass is 9.92. The molecule has 4 rings (SSSR count). The molecule has 1 aromatic rings. The summed E-state index contributed by atoms with van der Waals surface area (Å²) in [6.45, 7) is 10.3. The van der Waals surface area contributed by atoms with Crippen LogP contribution in [0.25, 0.3) is 0 Å². The molecule has 1 aromatic carbocycles. The van der Waals surface area contributed by atoms with Crippen molar-refractivity contribution in [2.75, 3.05) is 59.1 Å². The van der Waals surface area contributed by atoms with Gasteiger partial charge in [0.2, 0.25) is 0 Å². The minimum Gasteiger partial charge on any atom is -0.493 e. The molecule has 3 heterocycles. The highest BCUT2D eigenvalue weighted by atomic mass is 35.5. The van der Waals surface area contributed by atoms with E-state index in [1.165, 1.54) is 31.5 Å². The van der Waals surface area contributed by atoms with Crippen LogP contribution in [0, 0.1) is 5.92 Å². The topological polar surface area (TPSA) is 37.0 Å². The Bertz CT molecular complexity index is 558. The number of nitrogens with one attached hydrogen (secondary N) is 1. The SMILES string of the molecule is Cl.Cl.c1cc(CN2CCOCC2)cc(OC[C@H]2CC[C@H]3CNCCN3C2)c1. The summed E-state index contributed by atoms with van der Waals surface area (Å²) in [6.07, 6.45) is 2.59. The Morgan fingerprint density at radius 1 is 1.11 bits per heavy atom. The average molecular weight is 418 g/mol. The second kappa shape index (κ2) is 11.4. The van der Waals surface area contributed by atoms with Gasteiger partial charge in [-0.2, -0.15) is 0 Å². The number of piperazine rings is 1. The first-order valence-electron chi connectivity index (χ1n) is 9.83. The molecular formula is C20H33Cl2N3O2. The van der Waals surface area contributed by atoms with Gasteiger partial charge in [0.15, 0.2) is 0 Å². The van der Waals surface area contributed by atoms with Crippen LogP contribution in [0.2, 0.25) is 0 Å². The second-order valence-electron chi connectivity index (χ2n) is 7.64. The van der Waals surface area contributed by atoms with Gasteiger partial charge in [0, 0.05) is 57.8 Å². The zero-order valence-electron chi connectivity index (χ0n) is 16.0. The van der Waals surface area contributed by atoms with Crippen LogP contribution in [-0.4, -0.2) is 74.9 Å². The Morgan fingerprint density at radius 2 is 1.96 bits per heavy atom. The van der Waals surface area contributed by atoms with Crippen LogP contribution in [0.5, 0.6) is 5.75 Å². The molecule has 3 aliphatic heterocycles. The third-order valence-electron chi connectivity index (χ3n) is 5.77. The predicted octanol–water partition coefficient (Wildman–Crippen LogP) is 2.42. The molecule has 0 spiro atoms. The molecule has 3 saturated heterocycles. The maximum atomic E-state index is 6.17. The van der Waals surface area contributed by atoms with Gasteiger partial charge < -0.3 is 14.8 Å². The Hall–Kier alpha value is -0.560. The maximum absolute atomic E-state index is 6.17. The lowest BCUT2D eigenvalue weighted by molar-refractivity contribution is 0.0341. The number of fused-ring (bicyclic) bond motifs is 1. The molecule has 0 aliphatic carbocycles. The van der Waals surface area contributed by atoms with E-state index in [2.05, 4.69) is 39.4 Å². The van der Waals surface area contributed by atoms with E-state index >= 15 is 0 Å². The first kappa shape index (κ1) is 22.7. The van der Waals surface area contributed by atoms with Gasteiger partial charge >= 0.3 is 0 Å². The highest BCUT2D eigenvalue weighted by Crippen LogP contribution is 2.24. The lowest BCUT2D eigenvalue weighted by Gasteiger charge is -2.42. The first-order chi connectivity index (χ1) is 12.4. The summed E-state index contributed by atoms with van der Waals surface area (Å²) in [5, 5.41) is 3.51. The summed E-state index contributed by atoms with van der Waals surface area (Å²) in [4.78, 5) is 5.11. The third kappa shape index (κ3) is 6.48. The van der Waals surface area contributed by atoms with Gasteiger partial charge in [-0.05, 0) is 30.5 Å². The van der Waals surface area contributed by atoms with Crippen molar-refractivity contribution in [1.29, 1.82) is 0 Å². The van der Waals surface area contributed by atoms with Crippen molar-refractivity contribution >= 4 is 24.8 Å². The summed E-state index contributed by atoms with van der Waals surface area (Å²) >= 11 is 0. The number of ether oxygens (including phenoxy) is 2. The fourth-order valence-corrected chi connectivity index (χ4v) is 4.28. The van der Waals surface area contributed by atoms with Crippen LogP contribution < -0.4 is 10.1 Å². The predicted molar refractivity (Wildman–Crippen MR) is 113 cm³/mol. The monoisotopic (exact) mass is 417 g/mol. The lowest BCUT2D eigenvalue weighted by Crippen LogP contribution is -2.55. The third-order valence-corrected chi connectivity index (χ3v) is 5.77. The Morgan fingerprint density at radius 3 is 2.81 bits per heavy atom. The van der Waals surface area contributed by atoms with Crippen LogP contribution in [-0.2, 0) is 11.3 Å². The summed E-state index contributed by atoms with van der Waals surface area (Å²) in [5.41, 5.74) is 1.34. The molecule has 0 unspecified atom stereocenters. The fraction of sp³-hybridized carbons (Fsp3) is 0.700. The number of piperidine rings is 1. The van der Waals surface area contributed by atoms with E-state index in [9.17, 15) is 0 Å². The fourth-order valence-electron chi connectivity index (χ4n) is 4.28. The number of hydrogen-bond acceptors (Lipinski definition) is 5. The summed E-state index contributed by atoms with van der Waals surface area (Å²) in [5.74, 6) is 1.69. The number of nitrogens with zero attached hydrogens (tertiary/aromatic N) is 2. The maximum Gasteiger partial charge on any atom is 0.119 e. The summed E-state index contributed by atoms with van der Waals surface area (Å²) < 4.78 is 11.6. The molecule has 154 valence electrons. The van der Waals surface area contributed by atoms with Crippen molar-refractivity contribution in [2.24, 2.45) is 5.92 Å². The summed E-state index contributed by atoms with van der Waals surface area (Å²) in [7, 11) is 0. The Labute approximate surface area is 175 Å². The van der Waals surface area contributed by atoms with Gasteiger partial charge in [0.25, 0.3) is 0 Å². The Kier molecular flexibility index (Phi) is 9.63. The molecule has 1 N–H and O–H groups in total. The van der Waals surface area contributed by atoms with Crippen molar-refractivity contribution in [2.45, 2.75) is 25.4 Å². The average Bonchev–Trinajstić information content (AvgIpc) is 2.67. The molecule has 3 aliphatic rings. The van der Waals surface area contributed by atoms with E-state index in [0.29, 0.717) is 5.92 Å². The summed E-state index contributed by atoms with van der Waals surface area (Å²) in [6, 6.07) is 9.39. The van der Waals surface area contributed by atoms with Crippen LogP contribution in [0.4, 0.5) is 0 Å². The van der Waals surface area contributed by atoms with Gasteiger partial charge in [-0.1, -0.05) is 12.1 Å². The largest absolute Gasteiger partial charge is 0.493 e. The van der Waals surface area contributed by atoms with Crippen molar-refractivity contribution in [3.63, 3.8) is 0 Å². The highest BCUT2D eigenvalue weighted by Gasteiger charge is 2.30. The van der Waals surface area contributed by atoms with E-state index in [4.69, 9.17) is 9.47 Å². The van der Waals surface area contributed by atoms with Gasteiger partial charge in [-0.15, -0.1) is 24.8 Å². The molecule has 0 saturated carbocycles. The van der Waals surface area contributed by atoms with Crippen molar-refractivity contribution in [3.8, 4) is 5.75 Å². The zero-order valence-corrected chi connectivity index (χ0v) is 17.6. The van der Waals surface area contributed by atoms with Gasteiger partial charge in [0.05, 0.1) is 19.8 Å².